The molecule has 2 saturated carbocycles. The second-order valence-electron chi connectivity index (χ2n) is 5.61. The molecule has 1 aromatic heterocycles. The molecule has 20 heavy (non-hydrogen) atoms. The molecule has 5 nitrogen and oxygen atoms in total. The van der Waals surface area contributed by atoms with E-state index >= 15 is 0 Å². The fraction of sp³-hybridized carbons (Fsp3) is 0.571. The molecule has 0 spiro atoms. The van der Waals surface area contributed by atoms with Gasteiger partial charge < -0.3 is 15.0 Å². The minimum absolute atomic E-state index is 0.129. The third kappa shape index (κ3) is 2.20. The smallest absolute Gasteiger partial charge is 0.311 e. The molecule has 108 valence electrons. The summed E-state index contributed by atoms with van der Waals surface area (Å²) >= 11 is 5.80. The number of carbonyl (C=O) groups excluding carboxylic acids is 2. The van der Waals surface area contributed by atoms with Crippen LogP contribution in [0, 0.1) is 17.8 Å². The van der Waals surface area contributed by atoms with Crippen LogP contribution in [0.5, 0.6) is 0 Å². The standard InChI is InChI=1S/C14H17ClN2O3/c1-20-14(19)11-7-2-3-8(4-7)12(11)17-13(18)10-5-9(15)6-16-10/h5-8,11-12,16H,2-4H2,1H3,(H,17,18)/t7-,8+,11+,12+/m1/s1. The Labute approximate surface area is 122 Å². The number of rotatable bonds is 3. The molecule has 1 aromatic rings. The zero-order chi connectivity index (χ0) is 14.3. The van der Waals surface area contributed by atoms with Gasteiger partial charge in [-0.2, -0.15) is 0 Å². The molecular formula is C14H17ClN2O3. The first-order valence-electron chi connectivity index (χ1n) is 6.82. The maximum absolute atomic E-state index is 12.2. The Morgan fingerprint density at radius 1 is 1.40 bits per heavy atom. The van der Waals surface area contributed by atoms with Gasteiger partial charge in [-0.25, -0.2) is 0 Å². The molecule has 2 aliphatic carbocycles. The molecule has 0 saturated heterocycles. The van der Waals surface area contributed by atoms with Gasteiger partial charge in [0.05, 0.1) is 18.1 Å². The Morgan fingerprint density at radius 2 is 2.15 bits per heavy atom. The van der Waals surface area contributed by atoms with E-state index in [1.165, 1.54) is 7.11 Å². The number of hydrogen-bond donors (Lipinski definition) is 2. The number of aromatic nitrogens is 1. The highest BCUT2D eigenvalue weighted by Gasteiger charge is 2.52. The van der Waals surface area contributed by atoms with Crippen LogP contribution in [-0.2, 0) is 9.53 Å². The van der Waals surface area contributed by atoms with Gasteiger partial charge in [-0.1, -0.05) is 11.6 Å². The van der Waals surface area contributed by atoms with Crippen molar-refractivity contribution in [2.24, 2.45) is 17.8 Å². The summed E-state index contributed by atoms with van der Waals surface area (Å²) in [6.45, 7) is 0. The predicted molar refractivity (Wildman–Crippen MR) is 73.4 cm³/mol. The number of fused-ring (bicyclic) bond motifs is 2. The van der Waals surface area contributed by atoms with Crippen molar-refractivity contribution in [1.82, 2.24) is 10.3 Å². The number of carbonyl (C=O) groups is 2. The normalized spacial score (nSPS) is 31.3. The minimum atomic E-state index is -0.219. The molecule has 1 heterocycles. The number of ether oxygens (including phenoxy) is 1. The lowest BCUT2D eigenvalue weighted by Gasteiger charge is -2.29. The highest BCUT2D eigenvalue weighted by molar-refractivity contribution is 6.30. The second-order valence-corrected chi connectivity index (χ2v) is 6.05. The quantitative estimate of drug-likeness (QED) is 0.838. The van der Waals surface area contributed by atoms with Gasteiger partial charge >= 0.3 is 5.97 Å². The van der Waals surface area contributed by atoms with E-state index in [-0.39, 0.29) is 23.8 Å². The van der Waals surface area contributed by atoms with Crippen LogP contribution in [0.15, 0.2) is 12.3 Å². The van der Waals surface area contributed by atoms with Crippen molar-refractivity contribution in [3.05, 3.63) is 23.0 Å². The van der Waals surface area contributed by atoms with E-state index in [9.17, 15) is 9.59 Å². The van der Waals surface area contributed by atoms with Crippen molar-refractivity contribution >= 4 is 23.5 Å². The van der Waals surface area contributed by atoms with E-state index in [1.54, 1.807) is 12.3 Å². The first-order valence-corrected chi connectivity index (χ1v) is 7.20. The van der Waals surface area contributed by atoms with Crippen LogP contribution in [0.25, 0.3) is 0 Å². The Kier molecular flexibility index (Phi) is 3.46. The zero-order valence-electron chi connectivity index (χ0n) is 11.2. The molecule has 6 heteroatoms. The van der Waals surface area contributed by atoms with E-state index in [2.05, 4.69) is 10.3 Å². The molecule has 3 rings (SSSR count). The monoisotopic (exact) mass is 296 g/mol. The van der Waals surface area contributed by atoms with E-state index in [4.69, 9.17) is 16.3 Å². The summed E-state index contributed by atoms with van der Waals surface area (Å²) in [5.74, 6) is 0.0620. The lowest BCUT2D eigenvalue weighted by atomic mass is 9.84. The van der Waals surface area contributed by atoms with Crippen molar-refractivity contribution in [3.8, 4) is 0 Å². The molecule has 2 fully saturated rings. The summed E-state index contributed by atoms with van der Waals surface area (Å²) in [7, 11) is 1.40. The fourth-order valence-corrected chi connectivity index (χ4v) is 3.87. The van der Waals surface area contributed by atoms with Crippen LogP contribution >= 0.6 is 11.6 Å². The van der Waals surface area contributed by atoms with E-state index < -0.39 is 0 Å². The first-order chi connectivity index (χ1) is 9.60. The first kappa shape index (κ1) is 13.5. The number of methoxy groups -OCH3 is 1. The van der Waals surface area contributed by atoms with Crippen LogP contribution in [-0.4, -0.2) is 30.0 Å². The third-order valence-electron chi connectivity index (χ3n) is 4.58. The average Bonchev–Trinajstić information content (AvgIpc) is 3.13. The summed E-state index contributed by atoms with van der Waals surface area (Å²) in [4.78, 5) is 26.9. The van der Waals surface area contributed by atoms with E-state index in [1.807, 2.05) is 0 Å². The maximum Gasteiger partial charge on any atom is 0.311 e. The van der Waals surface area contributed by atoms with Gasteiger partial charge in [-0.05, 0) is 37.2 Å². The van der Waals surface area contributed by atoms with Crippen molar-refractivity contribution in [2.45, 2.75) is 25.3 Å². The zero-order valence-corrected chi connectivity index (χ0v) is 11.9. The van der Waals surface area contributed by atoms with Gasteiger partial charge in [0.1, 0.15) is 5.69 Å². The molecule has 1 amide bonds. The number of amides is 1. The largest absolute Gasteiger partial charge is 0.469 e. The van der Waals surface area contributed by atoms with Crippen molar-refractivity contribution in [1.29, 1.82) is 0 Å². The maximum atomic E-state index is 12.2. The van der Waals surface area contributed by atoms with Gasteiger partial charge in [0.25, 0.3) is 5.91 Å². The Hall–Kier alpha value is -1.49. The second kappa shape index (κ2) is 5.13. The summed E-state index contributed by atoms with van der Waals surface area (Å²) in [6.07, 6.45) is 4.67. The van der Waals surface area contributed by atoms with Gasteiger partial charge in [0, 0.05) is 12.2 Å². The van der Waals surface area contributed by atoms with Gasteiger partial charge in [0.2, 0.25) is 0 Å². The summed E-state index contributed by atoms with van der Waals surface area (Å²) in [5.41, 5.74) is 0.418. The number of esters is 1. The van der Waals surface area contributed by atoms with Crippen LogP contribution in [0.4, 0.5) is 0 Å². The third-order valence-corrected chi connectivity index (χ3v) is 4.80. The molecule has 0 aliphatic heterocycles. The molecule has 2 aliphatic rings. The molecular weight excluding hydrogens is 280 g/mol. The predicted octanol–water partition coefficient (Wildman–Crippen LogP) is 1.99. The van der Waals surface area contributed by atoms with Crippen LogP contribution in [0.3, 0.4) is 0 Å². The minimum Gasteiger partial charge on any atom is -0.469 e. The summed E-state index contributed by atoms with van der Waals surface area (Å²) < 4.78 is 4.89. The Bertz CT molecular complexity index is 542. The fourth-order valence-electron chi connectivity index (χ4n) is 3.70. The SMILES string of the molecule is COC(=O)[C@H]1[C@@H]2CC[C@@H](C2)[C@@H]1NC(=O)c1cc(Cl)c[nH]1. The molecule has 4 atom stereocenters. The summed E-state index contributed by atoms with van der Waals surface area (Å²) in [5, 5.41) is 3.47. The van der Waals surface area contributed by atoms with Crippen LogP contribution in [0.1, 0.15) is 29.8 Å². The van der Waals surface area contributed by atoms with Crippen molar-refractivity contribution in [3.63, 3.8) is 0 Å². The summed E-state index contributed by atoms with van der Waals surface area (Å²) in [6, 6.07) is 1.45. The highest BCUT2D eigenvalue weighted by atomic mass is 35.5. The van der Waals surface area contributed by atoms with Gasteiger partial charge in [-0.3, -0.25) is 9.59 Å². The number of aromatic amines is 1. The number of H-pyrrole nitrogens is 1. The van der Waals surface area contributed by atoms with Crippen molar-refractivity contribution < 1.29 is 14.3 Å². The van der Waals surface area contributed by atoms with Crippen LogP contribution < -0.4 is 5.32 Å². The molecule has 0 unspecified atom stereocenters. The highest BCUT2D eigenvalue weighted by Crippen LogP contribution is 2.49. The average molecular weight is 297 g/mol. The van der Waals surface area contributed by atoms with E-state index in [0.717, 1.165) is 19.3 Å². The lowest BCUT2D eigenvalue weighted by molar-refractivity contribution is -0.148. The molecule has 0 aromatic carbocycles. The number of halogens is 1. The Morgan fingerprint density at radius 3 is 2.80 bits per heavy atom. The van der Waals surface area contributed by atoms with E-state index in [0.29, 0.717) is 22.6 Å². The Balaban J connectivity index is 1.75. The number of nitrogens with one attached hydrogen (secondary N) is 2. The lowest BCUT2D eigenvalue weighted by Crippen LogP contribution is -2.47. The van der Waals surface area contributed by atoms with Crippen LogP contribution in [0.2, 0.25) is 5.02 Å². The van der Waals surface area contributed by atoms with Gasteiger partial charge in [-0.15, -0.1) is 0 Å². The number of hydrogen-bond acceptors (Lipinski definition) is 3. The molecule has 0 radical (unpaired) electrons. The van der Waals surface area contributed by atoms with Gasteiger partial charge in [0.15, 0.2) is 0 Å². The molecule has 2 bridgehead atoms. The topological polar surface area (TPSA) is 71.2 Å². The van der Waals surface area contributed by atoms with Crippen molar-refractivity contribution in [2.75, 3.05) is 7.11 Å². The molecule has 2 N–H and O–H groups in total.